The van der Waals surface area contributed by atoms with E-state index in [-0.39, 0.29) is 0 Å². The number of fused-ring (bicyclic) bond motifs is 4. The van der Waals surface area contributed by atoms with Crippen molar-refractivity contribution in [1.82, 2.24) is 14.7 Å². The SMILES string of the molecule is Cn1nc(-c2ccc3ccccc3c2)cc1[C@@H]1CN2CC[C@H]1C[C@@H]2CN. The van der Waals surface area contributed by atoms with E-state index in [0.29, 0.717) is 12.0 Å². The molecule has 2 N–H and O–H groups in total. The van der Waals surface area contributed by atoms with E-state index in [2.05, 4.69) is 65.2 Å². The van der Waals surface area contributed by atoms with Crippen molar-refractivity contribution in [1.29, 1.82) is 0 Å². The number of hydrogen-bond acceptors (Lipinski definition) is 3. The topological polar surface area (TPSA) is 47.1 Å². The molecular weight excluding hydrogens is 320 g/mol. The minimum atomic E-state index is 0.582. The molecule has 0 saturated carbocycles. The second-order valence-corrected chi connectivity index (χ2v) is 7.92. The Morgan fingerprint density at radius 1 is 1.12 bits per heavy atom. The molecule has 0 aliphatic carbocycles. The van der Waals surface area contributed by atoms with Gasteiger partial charge in [-0.05, 0) is 48.2 Å². The van der Waals surface area contributed by atoms with Gasteiger partial charge in [-0.3, -0.25) is 9.58 Å². The third-order valence-electron chi connectivity index (χ3n) is 6.49. The molecule has 26 heavy (non-hydrogen) atoms. The van der Waals surface area contributed by atoms with E-state index in [4.69, 9.17) is 10.8 Å². The first-order valence-electron chi connectivity index (χ1n) is 9.70. The summed E-state index contributed by atoms with van der Waals surface area (Å²) in [5.41, 5.74) is 9.63. The lowest BCUT2D eigenvalue weighted by Crippen LogP contribution is -2.55. The molecule has 2 bridgehead atoms. The normalized spacial score (nSPS) is 27.9. The Labute approximate surface area is 154 Å². The van der Waals surface area contributed by atoms with Crippen LogP contribution in [-0.2, 0) is 7.05 Å². The second kappa shape index (κ2) is 6.22. The van der Waals surface area contributed by atoms with Crippen LogP contribution >= 0.6 is 0 Å². The molecule has 4 heteroatoms. The number of nitrogens with zero attached hydrogens (tertiary/aromatic N) is 3. The highest BCUT2D eigenvalue weighted by atomic mass is 15.3. The lowest BCUT2D eigenvalue weighted by atomic mass is 9.74. The Morgan fingerprint density at radius 2 is 1.96 bits per heavy atom. The van der Waals surface area contributed by atoms with E-state index in [0.717, 1.165) is 24.7 Å². The zero-order chi connectivity index (χ0) is 17.7. The Hall–Kier alpha value is -2.17. The third kappa shape index (κ3) is 2.56. The van der Waals surface area contributed by atoms with Crippen molar-refractivity contribution in [3.63, 3.8) is 0 Å². The molecule has 3 saturated heterocycles. The molecule has 1 aromatic heterocycles. The summed E-state index contributed by atoms with van der Waals surface area (Å²) in [7, 11) is 2.10. The molecule has 3 aromatic rings. The van der Waals surface area contributed by atoms with Gasteiger partial charge in [0.1, 0.15) is 0 Å². The molecule has 3 fully saturated rings. The van der Waals surface area contributed by atoms with Gasteiger partial charge in [0.25, 0.3) is 0 Å². The number of piperidine rings is 3. The van der Waals surface area contributed by atoms with Gasteiger partial charge < -0.3 is 5.73 Å². The Balaban J connectivity index is 1.48. The number of aromatic nitrogens is 2. The van der Waals surface area contributed by atoms with Crippen molar-refractivity contribution >= 4 is 10.8 Å². The average molecular weight is 346 g/mol. The van der Waals surface area contributed by atoms with Crippen LogP contribution in [0.5, 0.6) is 0 Å². The average Bonchev–Trinajstić information content (AvgIpc) is 3.09. The molecule has 4 nitrogen and oxygen atoms in total. The maximum Gasteiger partial charge on any atom is 0.0926 e. The molecule has 2 aromatic carbocycles. The first kappa shape index (κ1) is 16.0. The smallest absolute Gasteiger partial charge is 0.0926 e. The summed E-state index contributed by atoms with van der Waals surface area (Å²) < 4.78 is 2.11. The predicted molar refractivity (Wildman–Crippen MR) is 106 cm³/mol. The second-order valence-electron chi connectivity index (χ2n) is 7.92. The van der Waals surface area contributed by atoms with E-state index in [1.165, 1.54) is 41.4 Å². The van der Waals surface area contributed by atoms with Gasteiger partial charge in [-0.15, -0.1) is 0 Å². The van der Waals surface area contributed by atoms with Gasteiger partial charge in [0, 0.05) is 43.4 Å². The molecule has 0 spiro atoms. The molecule has 3 aliphatic heterocycles. The lowest BCUT2D eigenvalue weighted by Gasteiger charge is -2.49. The van der Waals surface area contributed by atoms with Crippen LogP contribution < -0.4 is 5.73 Å². The molecule has 0 radical (unpaired) electrons. The van der Waals surface area contributed by atoms with Crippen LogP contribution in [0.2, 0.25) is 0 Å². The number of rotatable bonds is 3. The van der Waals surface area contributed by atoms with Crippen LogP contribution in [0, 0.1) is 5.92 Å². The van der Waals surface area contributed by atoms with E-state index in [1.807, 2.05) is 0 Å². The van der Waals surface area contributed by atoms with Crippen LogP contribution in [0.4, 0.5) is 0 Å². The lowest BCUT2D eigenvalue weighted by molar-refractivity contribution is 0.0322. The standard InChI is InChI=1S/C22H26N4/c1-25-22(20-14-26-9-8-17(20)11-19(26)13-23)12-21(24-25)18-7-6-15-4-2-3-5-16(15)10-18/h2-7,10,12,17,19-20H,8-9,11,13-14,23H2,1H3/t17-,19+,20+/m0/s1. The van der Waals surface area contributed by atoms with Crippen LogP contribution in [0.3, 0.4) is 0 Å². The molecular formula is C22H26N4. The maximum absolute atomic E-state index is 5.97. The van der Waals surface area contributed by atoms with Gasteiger partial charge in [0.2, 0.25) is 0 Å². The highest BCUT2D eigenvalue weighted by Gasteiger charge is 2.41. The summed E-state index contributed by atoms with van der Waals surface area (Å²) in [6.45, 7) is 3.12. The summed E-state index contributed by atoms with van der Waals surface area (Å²) in [4.78, 5) is 2.59. The monoisotopic (exact) mass is 346 g/mol. The van der Waals surface area contributed by atoms with Crippen molar-refractivity contribution in [2.45, 2.75) is 24.8 Å². The fourth-order valence-electron chi connectivity index (χ4n) is 5.04. The van der Waals surface area contributed by atoms with Crippen LogP contribution in [0.15, 0.2) is 48.5 Å². The fourth-order valence-corrected chi connectivity index (χ4v) is 5.04. The predicted octanol–water partition coefficient (Wildman–Crippen LogP) is 3.38. The molecule has 3 aliphatic rings. The van der Waals surface area contributed by atoms with Gasteiger partial charge in [-0.2, -0.15) is 5.10 Å². The Kier molecular flexibility index (Phi) is 3.84. The molecule has 6 rings (SSSR count). The van der Waals surface area contributed by atoms with Crippen LogP contribution in [0.25, 0.3) is 22.0 Å². The van der Waals surface area contributed by atoms with E-state index in [1.54, 1.807) is 0 Å². The highest BCUT2D eigenvalue weighted by molar-refractivity contribution is 5.86. The number of aryl methyl sites for hydroxylation is 1. The van der Waals surface area contributed by atoms with Crippen molar-refractivity contribution in [3.05, 3.63) is 54.2 Å². The van der Waals surface area contributed by atoms with Gasteiger partial charge in [0.05, 0.1) is 5.69 Å². The molecule has 4 atom stereocenters. The summed E-state index contributed by atoms with van der Waals surface area (Å²) in [6, 6.07) is 18.0. The first-order valence-corrected chi connectivity index (χ1v) is 9.70. The maximum atomic E-state index is 5.97. The molecule has 0 amide bonds. The van der Waals surface area contributed by atoms with Gasteiger partial charge in [-0.1, -0.05) is 36.4 Å². The summed E-state index contributed by atoms with van der Waals surface area (Å²) in [5, 5.41) is 7.40. The van der Waals surface area contributed by atoms with Gasteiger partial charge >= 0.3 is 0 Å². The van der Waals surface area contributed by atoms with Crippen molar-refractivity contribution < 1.29 is 0 Å². The van der Waals surface area contributed by atoms with E-state index >= 15 is 0 Å². The number of nitrogens with two attached hydrogens (primary N) is 1. The zero-order valence-electron chi connectivity index (χ0n) is 15.3. The minimum Gasteiger partial charge on any atom is -0.329 e. The van der Waals surface area contributed by atoms with Gasteiger partial charge in [0.15, 0.2) is 0 Å². The summed E-state index contributed by atoms with van der Waals surface area (Å²) in [5.74, 6) is 1.33. The largest absolute Gasteiger partial charge is 0.329 e. The van der Waals surface area contributed by atoms with Crippen LogP contribution in [-0.4, -0.2) is 40.4 Å². The third-order valence-corrected chi connectivity index (χ3v) is 6.49. The molecule has 4 heterocycles. The highest BCUT2D eigenvalue weighted by Crippen LogP contribution is 2.42. The zero-order valence-corrected chi connectivity index (χ0v) is 15.3. The van der Waals surface area contributed by atoms with E-state index < -0.39 is 0 Å². The van der Waals surface area contributed by atoms with Crippen molar-refractivity contribution in [2.75, 3.05) is 19.6 Å². The molecule has 1 unspecified atom stereocenters. The first-order chi connectivity index (χ1) is 12.7. The van der Waals surface area contributed by atoms with Crippen molar-refractivity contribution in [2.24, 2.45) is 18.7 Å². The minimum absolute atomic E-state index is 0.582. The van der Waals surface area contributed by atoms with Gasteiger partial charge in [-0.25, -0.2) is 0 Å². The molecule has 134 valence electrons. The summed E-state index contributed by atoms with van der Waals surface area (Å²) in [6.07, 6.45) is 2.52. The fraction of sp³-hybridized carbons (Fsp3) is 0.409. The van der Waals surface area contributed by atoms with Crippen LogP contribution in [0.1, 0.15) is 24.5 Å². The van der Waals surface area contributed by atoms with Crippen molar-refractivity contribution in [3.8, 4) is 11.3 Å². The number of benzene rings is 2. The number of hydrogen-bond donors (Lipinski definition) is 1. The Bertz CT molecular complexity index is 944. The quantitative estimate of drug-likeness (QED) is 0.791. The summed E-state index contributed by atoms with van der Waals surface area (Å²) >= 11 is 0. The Morgan fingerprint density at radius 3 is 2.73 bits per heavy atom. The van der Waals surface area contributed by atoms with E-state index in [9.17, 15) is 0 Å².